The zero-order chi connectivity index (χ0) is 27.3. The summed E-state index contributed by atoms with van der Waals surface area (Å²) in [6, 6.07) is 14.3. The van der Waals surface area contributed by atoms with E-state index in [1.807, 2.05) is 6.92 Å². The van der Waals surface area contributed by atoms with E-state index < -0.39 is 17.9 Å². The van der Waals surface area contributed by atoms with Gasteiger partial charge in [-0.2, -0.15) is 0 Å². The summed E-state index contributed by atoms with van der Waals surface area (Å²) >= 11 is 0. The molecule has 0 amide bonds. The van der Waals surface area contributed by atoms with Crippen LogP contribution in [0.1, 0.15) is 50.7 Å². The fourth-order valence-corrected chi connectivity index (χ4v) is 2.72. The standard InChI is InChI=1S/2C10H10O3.C8H16O2/c2*1-13-9-5-2-8(3-6-9)4-7-10(11)12;1-3-5-6-7(4-2)8(9)10/h2*2-7H,1H3,(H,11,12);7H,3-6H2,1-2H3,(H,9,10). The fourth-order valence-electron chi connectivity index (χ4n) is 2.72. The lowest BCUT2D eigenvalue weighted by molar-refractivity contribution is -0.142. The molecule has 2 aromatic carbocycles. The Balaban J connectivity index is 0.000000517. The lowest BCUT2D eigenvalue weighted by Gasteiger charge is -2.06. The topological polar surface area (TPSA) is 130 Å². The number of rotatable bonds is 11. The summed E-state index contributed by atoms with van der Waals surface area (Å²) in [5.74, 6) is -1.14. The summed E-state index contributed by atoms with van der Waals surface area (Å²) in [6.45, 7) is 4.00. The Bertz CT molecular complexity index is 893. The Morgan fingerprint density at radius 3 is 1.39 bits per heavy atom. The molecule has 0 bridgehead atoms. The molecule has 0 spiro atoms. The van der Waals surface area contributed by atoms with Gasteiger partial charge in [-0.05, 0) is 60.4 Å². The molecule has 8 heteroatoms. The zero-order valence-electron chi connectivity index (χ0n) is 21.2. The van der Waals surface area contributed by atoms with Gasteiger partial charge in [0.25, 0.3) is 0 Å². The van der Waals surface area contributed by atoms with Crippen molar-refractivity contribution in [2.75, 3.05) is 14.2 Å². The summed E-state index contributed by atoms with van der Waals surface area (Å²) in [6.07, 6.45) is 8.97. The monoisotopic (exact) mass is 500 g/mol. The Morgan fingerprint density at radius 1 is 0.750 bits per heavy atom. The molecule has 0 saturated heterocycles. The molecule has 0 radical (unpaired) electrons. The van der Waals surface area contributed by atoms with Crippen LogP contribution in [0.2, 0.25) is 0 Å². The molecule has 0 aliphatic carbocycles. The lowest BCUT2D eigenvalue weighted by atomic mass is 10.00. The maximum absolute atomic E-state index is 10.4. The van der Waals surface area contributed by atoms with Gasteiger partial charge < -0.3 is 24.8 Å². The van der Waals surface area contributed by atoms with Crippen molar-refractivity contribution < 1.29 is 39.2 Å². The summed E-state index contributed by atoms with van der Waals surface area (Å²) in [5, 5.41) is 25.3. The van der Waals surface area contributed by atoms with Gasteiger partial charge in [0, 0.05) is 12.2 Å². The third-order valence-corrected chi connectivity index (χ3v) is 4.82. The van der Waals surface area contributed by atoms with Gasteiger partial charge >= 0.3 is 17.9 Å². The van der Waals surface area contributed by atoms with Crippen LogP contribution in [-0.2, 0) is 14.4 Å². The largest absolute Gasteiger partial charge is 0.497 e. The van der Waals surface area contributed by atoms with Crippen LogP contribution < -0.4 is 9.47 Å². The minimum Gasteiger partial charge on any atom is -0.497 e. The smallest absolute Gasteiger partial charge is 0.328 e. The average molecular weight is 501 g/mol. The van der Waals surface area contributed by atoms with Crippen molar-refractivity contribution in [1.82, 2.24) is 0 Å². The molecule has 0 aromatic heterocycles. The van der Waals surface area contributed by atoms with E-state index in [0.717, 1.165) is 60.5 Å². The molecule has 8 nitrogen and oxygen atoms in total. The highest BCUT2D eigenvalue weighted by atomic mass is 16.5. The van der Waals surface area contributed by atoms with Gasteiger partial charge in [-0.25, -0.2) is 9.59 Å². The molecule has 0 aliphatic rings. The molecule has 2 rings (SSSR count). The van der Waals surface area contributed by atoms with Crippen molar-refractivity contribution in [3.8, 4) is 11.5 Å². The van der Waals surface area contributed by atoms with Crippen LogP contribution in [0.25, 0.3) is 12.2 Å². The van der Waals surface area contributed by atoms with Crippen molar-refractivity contribution in [1.29, 1.82) is 0 Å². The molecule has 0 heterocycles. The van der Waals surface area contributed by atoms with Crippen molar-refractivity contribution in [2.45, 2.75) is 39.5 Å². The molecule has 1 atom stereocenters. The van der Waals surface area contributed by atoms with E-state index in [-0.39, 0.29) is 5.92 Å². The van der Waals surface area contributed by atoms with Gasteiger partial charge in [-0.1, -0.05) is 51.0 Å². The number of ether oxygens (including phenoxy) is 2. The van der Waals surface area contributed by atoms with Crippen LogP contribution in [0, 0.1) is 5.92 Å². The van der Waals surface area contributed by atoms with Gasteiger partial charge in [0.2, 0.25) is 0 Å². The van der Waals surface area contributed by atoms with Crippen LogP contribution in [0.15, 0.2) is 60.7 Å². The first-order valence-corrected chi connectivity index (χ1v) is 11.5. The average Bonchev–Trinajstić information content (AvgIpc) is 2.88. The normalized spacial score (nSPS) is 11.0. The van der Waals surface area contributed by atoms with Gasteiger partial charge in [-0.3, -0.25) is 4.79 Å². The predicted octanol–water partition coefficient (Wildman–Crippen LogP) is 5.87. The van der Waals surface area contributed by atoms with Gasteiger partial charge in [0.15, 0.2) is 0 Å². The van der Waals surface area contributed by atoms with Crippen molar-refractivity contribution in [3.63, 3.8) is 0 Å². The predicted molar refractivity (Wildman–Crippen MR) is 140 cm³/mol. The number of unbranched alkanes of at least 4 members (excludes halogenated alkanes) is 1. The van der Waals surface area contributed by atoms with Crippen LogP contribution in [0.5, 0.6) is 11.5 Å². The number of carbonyl (C=O) groups is 3. The highest BCUT2D eigenvalue weighted by molar-refractivity contribution is 5.85. The van der Waals surface area contributed by atoms with Crippen molar-refractivity contribution in [2.24, 2.45) is 5.92 Å². The van der Waals surface area contributed by atoms with Crippen molar-refractivity contribution in [3.05, 3.63) is 71.8 Å². The maximum Gasteiger partial charge on any atom is 0.328 e. The number of hydrogen-bond donors (Lipinski definition) is 3. The van der Waals surface area contributed by atoms with Crippen LogP contribution in [0.4, 0.5) is 0 Å². The minimum atomic E-state index is -0.948. The Kier molecular flexibility index (Phi) is 17.1. The molecular weight excluding hydrogens is 464 g/mol. The molecule has 0 saturated carbocycles. The summed E-state index contributed by atoms with van der Waals surface area (Å²) in [4.78, 5) is 30.8. The van der Waals surface area contributed by atoms with E-state index >= 15 is 0 Å². The molecule has 0 fully saturated rings. The number of methoxy groups -OCH3 is 2. The highest BCUT2D eigenvalue weighted by Crippen LogP contribution is 2.13. The fraction of sp³-hybridized carbons (Fsp3) is 0.321. The lowest BCUT2D eigenvalue weighted by Crippen LogP contribution is -2.11. The van der Waals surface area contributed by atoms with E-state index in [0.29, 0.717) is 0 Å². The molecule has 3 N–H and O–H groups in total. The van der Waals surface area contributed by atoms with Gasteiger partial charge in [0.1, 0.15) is 11.5 Å². The molecule has 1 unspecified atom stereocenters. The number of hydrogen-bond acceptors (Lipinski definition) is 5. The van der Waals surface area contributed by atoms with Gasteiger partial charge in [0.05, 0.1) is 20.1 Å². The molecule has 0 aliphatic heterocycles. The first-order chi connectivity index (χ1) is 17.2. The third-order valence-electron chi connectivity index (χ3n) is 4.82. The third kappa shape index (κ3) is 15.7. The molecule has 196 valence electrons. The van der Waals surface area contributed by atoms with Gasteiger partial charge in [-0.15, -0.1) is 0 Å². The highest BCUT2D eigenvalue weighted by Gasteiger charge is 2.12. The molecular formula is C28H36O8. The summed E-state index contributed by atoms with van der Waals surface area (Å²) in [7, 11) is 3.17. The second-order valence-corrected chi connectivity index (χ2v) is 7.48. The zero-order valence-corrected chi connectivity index (χ0v) is 21.2. The van der Waals surface area contributed by atoms with Crippen LogP contribution >= 0.6 is 0 Å². The maximum atomic E-state index is 10.4. The first kappa shape index (κ1) is 31.9. The Morgan fingerprint density at radius 2 is 1.14 bits per heavy atom. The van der Waals surface area contributed by atoms with Crippen LogP contribution in [0.3, 0.4) is 0 Å². The van der Waals surface area contributed by atoms with E-state index in [1.165, 1.54) is 12.2 Å². The number of carboxylic acids is 3. The number of carboxylic acid groups (broad SMARTS) is 3. The van der Waals surface area contributed by atoms with E-state index in [9.17, 15) is 14.4 Å². The molecule has 36 heavy (non-hydrogen) atoms. The quantitative estimate of drug-likeness (QED) is 0.326. The molecule has 2 aromatic rings. The Hall–Kier alpha value is -4.07. The SMILES string of the molecule is CCCCC(CC)C(=O)O.COc1ccc(C=CC(=O)O)cc1.COc1ccc(C=CC(=O)O)cc1. The second-order valence-electron chi connectivity index (χ2n) is 7.48. The summed E-state index contributed by atoms with van der Waals surface area (Å²) in [5.41, 5.74) is 1.67. The van der Waals surface area contributed by atoms with E-state index in [1.54, 1.807) is 62.8 Å². The minimum absolute atomic E-state index is 0.111. The number of benzene rings is 2. The Labute approximate surface area is 212 Å². The van der Waals surface area contributed by atoms with Crippen molar-refractivity contribution >= 4 is 30.1 Å². The second kappa shape index (κ2) is 19.3. The van der Waals surface area contributed by atoms with Crippen LogP contribution in [-0.4, -0.2) is 47.4 Å². The number of aliphatic carboxylic acids is 3. The first-order valence-electron chi connectivity index (χ1n) is 11.5. The summed E-state index contributed by atoms with van der Waals surface area (Å²) < 4.78 is 9.91. The van der Waals surface area contributed by atoms with E-state index in [2.05, 4.69) is 6.92 Å². The van der Waals surface area contributed by atoms with E-state index in [4.69, 9.17) is 24.8 Å².